The average Bonchev–Trinajstić information content (AvgIpc) is 3.09. The summed E-state index contributed by atoms with van der Waals surface area (Å²) in [5.74, 6) is -10.7. The predicted molar refractivity (Wildman–Crippen MR) is 104 cm³/mol. The summed E-state index contributed by atoms with van der Waals surface area (Å²) in [4.78, 5) is 2.79. The SMILES string of the molecule is CC1=C(Cl)C(C)=[N+]([B-]F)/C1=C(\c1[nH]c(C)c(Cl)c1C)c1c(F)c(F)c(F)c(F)c1F. The molecule has 0 atom stereocenters. The number of halogens is 8. The summed E-state index contributed by atoms with van der Waals surface area (Å²) in [5, 5.41) is 0.251. The summed E-state index contributed by atoms with van der Waals surface area (Å²) >= 11 is 12.4. The molecule has 0 spiro atoms. The van der Waals surface area contributed by atoms with Crippen molar-refractivity contribution in [3.63, 3.8) is 0 Å². The van der Waals surface area contributed by atoms with Crippen molar-refractivity contribution in [2.45, 2.75) is 27.7 Å². The van der Waals surface area contributed by atoms with Gasteiger partial charge in [-0.25, -0.2) is 22.0 Å². The molecule has 158 valence electrons. The van der Waals surface area contributed by atoms with Crippen molar-refractivity contribution in [3.05, 3.63) is 72.9 Å². The maximum Gasteiger partial charge on any atom is 0.300 e. The fraction of sp³-hybridized carbons (Fsp3) is 0.211. The lowest BCUT2D eigenvalue weighted by Gasteiger charge is -2.18. The number of H-pyrrole nitrogens is 1. The Morgan fingerprint density at radius 2 is 1.37 bits per heavy atom. The summed E-state index contributed by atoms with van der Waals surface area (Å²) < 4.78 is 85.9. The van der Waals surface area contributed by atoms with Gasteiger partial charge < -0.3 is 13.8 Å². The van der Waals surface area contributed by atoms with Gasteiger partial charge in [-0.2, -0.15) is 0 Å². The standard InChI is InChI=1S/C19H13BCl2F6N2/c1-5-11(21)7(3)29-18(5)10(19-6(2)12(22)8(4)30(19)20-28)9-13(23)15(25)17(27)16(26)14(9)24/h29H,1-4H3/b19-10-. The first-order valence-electron chi connectivity index (χ1n) is 8.50. The molecule has 11 heteroatoms. The molecule has 0 aliphatic carbocycles. The molecule has 2 radical (unpaired) electrons. The molecular weight excluding hydrogens is 452 g/mol. The van der Waals surface area contributed by atoms with Crippen LogP contribution < -0.4 is 0 Å². The summed E-state index contributed by atoms with van der Waals surface area (Å²) in [5.41, 5.74) is -0.944. The molecule has 2 aromatic rings. The van der Waals surface area contributed by atoms with Crippen LogP contribution in [0.5, 0.6) is 0 Å². The van der Waals surface area contributed by atoms with E-state index in [1.807, 2.05) is 0 Å². The van der Waals surface area contributed by atoms with Crippen LogP contribution in [0.15, 0.2) is 16.3 Å². The number of hydrogen-bond donors (Lipinski definition) is 1. The van der Waals surface area contributed by atoms with E-state index in [2.05, 4.69) is 4.98 Å². The number of aromatic nitrogens is 1. The fourth-order valence-corrected chi connectivity index (χ4v) is 3.74. The first-order valence-corrected chi connectivity index (χ1v) is 9.25. The van der Waals surface area contributed by atoms with Gasteiger partial charge in [-0.05, 0) is 26.3 Å². The lowest BCUT2D eigenvalue weighted by atomic mass is 9.93. The van der Waals surface area contributed by atoms with Crippen LogP contribution in [0.4, 0.5) is 26.3 Å². The smallest absolute Gasteiger partial charge is 0.300 e. The molecule has 2 heterocycles. The van der Waals surface area contributed by atoms with Crippen LogP contribution in [0.1, 0.15) is 36.4 Å². The second kappa shape index (κ2) is 7.85. The predicted octanol–water partition coefficient (Wildman–Crippen LogP) is 6.24. The molecule has 0 saturated heterocycles. The van der Waals surface area contributed by atoms with Crippen molar-refractivity contribution >= 4 is 42.2 Å². The molecule has 1 aliphatic rings. The van der Waals surface area contributed by atoms with Gasteiger partial charge in [-0.1, -0.05) is 23.2 Å². The highest BCUT2D eigenvalue weighted by molar-refractivity contribution is 6.44. The second-order valence-electron chi connectivity index (χ2n) is 6.72. The van der Waals surface area contributed by atoms with Crippen LogP contribution in [0.3, 0.4) is 0 Å². The molecule has 0 saturated carbocycles. The molecule has 30 heavy (non-hydrogen) atoms. The van der Waals surface area contributed by atoms with E-state index in [9.17, 15) is 26.3 Å². The van der Waals surface area contributed by atoms with Gasteiger partial charge in [0.2, 0.25) is 5.82 Å². The molecule has 1 aromatic carbocycles. The Balaban J connectivity index is 2.61. The largest absolute Gasteiger partial charge is 0.491 e. The normalized spacial score (nSPS) is 16.3. The van der Waals surface area contributed by atoms with Crippen molar-refractivity contribution in [1.82, 2.24) is 4.98 Å². The van der Waals surface area contributed by atoms with Crippen molar-refractivity contribution in [3.8, 4) is 0 Å². The zero-order valence-corrected chi connectivity index (χ0v) is 17.6. The number of aryl methyl sites for hydroxylation is 1. The van der Waals surface area contributed by atoms with Gasteiger partial charge in [0.05, 0.1) is 21.9 Å². The molecule has 1 aliphatic heterocycles. The number of rotatable bonds is 3. The number of aromatic amines is 1. The second-order valence-corrected chi connectivity index (χ2v) is 7.48. The Morgan fingerprint density at radius 1 is 0.867 bits per heavy atom. The van der Waals surface area contributed by atoms with Gasteiger partial charge in [-0.15, -0.1) is 0 Å². The van der Waals surface area contributed by atoms with Gasteiger partial charge >= 0.3 is 0 Å². The zero-order valence-electron chi connectivity index (χ0n) is 16.0. The van der Waals surface area contributed by atoms with Gasteiger partial charge in [0.25, 0.3) is 7.69 Å². The lowest BCUT2D eigenvalue weighted by Crippen LogP contribution is -2.19. The highest BCUT2D eigenvalue weighted by Crippen LogP contribution is 2.42. The first kappa shape index (κ1) is 22.6. The zero-order chi connectivity index (χ0) is 22.7. The molecule has 0 fully saturated rings. The van der Waals surface area contributed by atoms with Crippen LogP contribution in [0.25, 0.3) is 5.57 Å². The number of nitrogens with zero attached hydrogens (tertiary/aromatic N) is 1. The number of benzene rings is 1. The highest BCUT2D eigenvalue weighted by Gasteiger charge is 2.37. The van der Waals surface area contributed by atoms with Gasteiger partial charge in [-0.3, -0.25) is 0 Å². The molecule has 1 N–H and O–H groups in total. The molecule has 0 amide bonds. The Labute approximate surface area is 178 Å². The van der Waals surface area contributed by atoms with Crippen LogP contribution in [0.2, 0.25) is 5.02 Å². The number of hydrogen-bond acceptors (Lipinski definition) is 0. The third kappa shape index (κ3) is 3.10. The minimum atomic E-state index is -2.30. The van der Waals surface area contributed by atoms with Crippen LogP contribution in [0, 0.1) is 42.9 Å². The number of allylic oxidation sites excluding steroid dienone is 2. The third-order valence-electron chi connectivity index (χ3n) is 4.99. The fourth-order valence-electron chi connectivity index (χ4n) is 3.42. The minimum Gasteiger partial charge on any atom is -0.491 e. The van der Waals surface area contributed by atoms with E-state index in [1.165, 1.54) is 20.8 Å². The van der Waals surface area contributed by atoms with Crippen molar-refractivity contribution < 1.29 is 30.8 Å². The van der Waals surface area contributed by atoms with E-state index in [1.54, 1.807) is 6.92 Å². The van der Waals surface area contributed by atoms with E-state index >= 15 is 0 Å². The van der Waals surface area contributed by atoms with Crippen LogP contribution in [-0.4, -0.2) is 22.9 Å². The van der Waals surface area contributed by atoms with Crippen LogP contribution >= 0.6 is 23.2 Å². The first-order chi connectivity index (χ1) is 13.9. The third-order valence-corrected chi connectivity index (χ3v) is 6.12. The lowest BCUT2D eigenvalue weighted by molar-refractivity contribution is -0.320. The molecular formula is C19H13BCl2F6N2. The summed E-state index contributed by atoms with van der Waals surface area (Å²) in [6.45, 7) is 5.91. The molecule has 3 rings (SSSR count). The Kier molecular flexibility index (Phi) is 5.90. The van der Waals surface area contributed by atoms with E-state index in [0.29, 0.717) is 5.69 Å². The quantitative estimate of drug-likeness (QED) is 0.240. The van der Waals surface area contributed by atoms with Crippen molar-refractivity contribution in [2.24, 2.45) is 0 Å². The average molecular weight is 465 g/mol. The topological polar surface area (TPSA) is 18.8 Å². The van der Waals surface area contributed by atoms with Gasteiger partial charge in [0, 0.05) is 18.2 Å². The molecule has 0 unspecified atom stereocenters. The van der Waals surface area contributed by atoms with Crippen LogP contribution in [-0.2, 0) is 0 Å². The van der Waals surface area contributed by atoms with E-state index in [4.69, 9.17) is 23.2 Å². The Bertz CT molecular complexity index is 1170. The maximum atomic E-state index is 14.8. The molecule has 0 bridgehead atoms. The molecule has 2 nitrogen and oxygen atoms in total. The highest BCUT2D eigenvalue weighted by atomic mass is 35.5. The minimum absolute atomic E-state index is 0.0407. The number of nitrogens with one attached hydrogen (secondary N) is 1. The van der Waals surface area contributed by atoms with E-state index in [0.717, 1.165) is 4.49 Å². The van der Waals surface area contributed by atoms with Crippen molar-refractivity contribution in [1.29, 1.82) is 0 Å². The maximum absolute atomic E-state index is 14.8. The van der Waals surface area contributed by atoms with Gasteiger partial charge in [0.15, 0.2) is 29.0 Å². The summed E-state index contributed by atoms with van der Waals surface area (Å²) in [6, 6.07) is 0. The van der Waals surface area contributed by atoms with E-state index in [-0.39, 0.29) is 46.0 Å². The van der Waals surface area contributed by atoms with Gasteiger partial charge in [0.1, 0.15) is 10.7 Å². The molecule has 1 aromatic heterocycles. The monoisotopic (exact) mass is 464 g/mol. The van der Waals surface area contributed by atoms with Crippen molar-refractivity contribution in [2.75, 3.05) is 0 Å². The Hall–Kier alpha value is -2.13. The summed E-state index contributed by atoms with van der Waals surface area (Å²) in [7, 11) is 0.0856. The Morgan fingerprint density at radius 3 is 1.80 bits per heavy atom. The summed E-state index contributed by atoms with van der Waals surface area (Å²) in [6.07, 6.45) is 0. The van der Waals surface area contributed by atoms with E-state index < -0.39 is 40.2 Å².